The van der Waals surface area contributed by atoms with Gasteiger partial charge in [0.05, 0.1) is 24.1 Å². The van der Waals surface area contributed by atoms with Gasteiger partial charge in [-0.15, -0.1) is 0 Å². The number of hydrogen-bond acceptors (Lipinski definition) is 4. The van der Waals surface area contributed by atoms with Gasteiger partial charge in [-0.2, -0.15) is 0 Å². The molecule has 1 aliphatic rings. The van der Waals surface area contributed by atoms with Crippen molar-refractivity contribution in [2.24, 2.45) is 5.92 Å². The predicted octanol–water partition coefficient (Wildman–Crippen LogP) is 3.73. The highest BCUT2D eigenvalue weighted by Gasteiger charge is 2.43. The van der Waals surface area contributed by atoms with Crippen molar-refractivity contribution >= 4 is 29.1 Å². The summed E-state index contributed by atoms with van der Waals surface area (Å²) in [6.07, 6.45) is 0.648. The lowest BCUT2D eigenvalue weighted by Crippen LogP contribution is -2.39. The van der Waals surface area contributed by atoms with Crippen LogP contribution in [0, 0.1) is 5.92 Å². The third-order valence-corrected chi connectivity index (χ3v) is 4.34. The second kappa shape index (κ2) is 7.08. The van der Waals surface area contributed by atoms with E-state index < -0.39 is 5.54 Å². The maximum atomic E-state index is 12.7. The van der Waals surface area contributed by atoms with Gasteiger partial charge in [0.1, 0.15) is 11.5 Å². The molecule has 0 radical (unpaired) electrons. The Balaban J connectivity index is 2.75. The average Bonchev–Trinajstić information content (AvgIpc) is 2.75. The normalized spacial score (nSPS) is 16.2. The quantitative estimate of drug-likeness (QED) is 0.807. The number of halogens is 1. The van der Waals surface area contributed by atoms with Gasteiger partial charge < -0.3 is 14.8 Å². The number of amides is 1. The highest BCUT2D eigenvalue weighted by molar-refractivity contribution is 6.31. The van der Waals surface area contributed by atoms with Crippen LogP contribution in [0.4, 0.5) is 0 Å². The fourth-order valence-corrected chi connectivity index (χ4v) is 3.03. The van der Waals surface area contributed by atoms with E-state index >= 15 is 0 Å². The summed E-state index contributed by atoms with van der Waals surface area (Å²) in [5.41, 5.74) is 0.991. The van der Waals surface area contributed by atoms with Gasteiger partial charge in [0, 0.05) is 10.6 Å². The first-order chi connectivity index (χ1) is 11.6. The van der Waals surface area contributed by atoms with Crippen LogP contribution in [0.3, 0.4) is 0 Å². The fourth-order valence-electron chi connectivity index (χ4n) is 2.80. The third-order valence-electron chi connectivity index (χ3n) is 4.12. The summed E-state index contributed by atoms with van der Waals surface area (Å²) in [5.74, 6) is -0.204. The van der Waals surface area contributed by atoms with Crippen LogP contribution in [0.2, 0.25) is 5.02 Å². The summed E-state index contributed by atoms with van der Waals surface area (Å²) in [5, 5.41) is 3.40. The molecule has 0 bridgehead atoms. The number of carbonyl (C=O) groups excluding carboxylic acids is 2. The summed E-state index contributed by atoms with van der Waals surface area (Å²) in [4.78, 5) is 24.9. The number of methoxy groups -OCH3 is 1. The monoisotopic (exact) mass is 365 g/mol. The summed E-state index contributed by atoms with van der Waals surface area (Å²) in [7, 11) is 1.52. The van der Waals surface area contributed by atoms with Gasteiger partial charge in [-0.3, -0.25) is 9.59 Å². The predicted molar refractivity (Wildman–Crippen MR) is 97.5 cm³/mol. The molecule has 2 rings (SSSR count). The van der Waals surface area contributed by atoms with E-state index in [1.54, 1.807) is 39.8 Å². The smallest absolute Gasteiger partial charge is 0.313 e. The molecular weight excluding hydrogens is 342 g/mol. The molecule has 0 saturated heterocycles. The van der Waals surface area contributed by atoms with Crippen LogP contribution in [-0.2, 0) is 20.7 Å². The van der Waals surface area contributed by atoms with Crippen molar-refractivity contribution in [2.75, 3.05) is 7.11 Å². The molecule has 1 N–H and O–H groups in total. The lowest BCUT2D eigenvalue weighted by atomic mass is 9.93. The zero-order valence-corrected chi connectivity index (χ0v) is 16.2. The summed E-state index contributed by atoms with van der Waals surface area (Å²) >= 11 is 6.16. The standard InChI is InChI=1S/C19H24ClNO4/c1-7-11-8-12(20)9-13(24-6)14(11)15-16(25-18(23)10(2)3)19(4,5)21-17(15)22/h8-10H,7H2,1-6H3,(H,21,22). The van der Waals surface area contributed by atoms with Gasteiger partial charge >= 0.3 is 5.97 Å². The molecule has 0 aliphatic carbocycles. The first-order valence-corrected chi connectivity index (χ1v) is 8.65. The van der Waals surface area contributed by atoms with Crippen molar-refractivity contribution in [2.45, 2.75) is 46.6 Å². The second-order valence-corrected chi connectivity index (χ2v) is 7.29. The van der Waals surface area contributed by atoms with Crippen LogP contribution in [0.5, 0.6) is 5.75 Å². The highest BCUT2D eigenvalue weighted by atomic mass is 35.5. The van der Waals surface area contributed by atoms with E-state index in [1.807, 2.05) is 6.92 Å². The van der Waals surface area contributed by atoms with E-state index in [0.29, 0.717) is 34.1 Å². The fraction of sp³-hybridized carbons (Fsp3) is 0.474. The van der Waals surface area contributed by atoms with E-state index in [2.05, 4.69) is 5.32 Å². The maximum absolute atomic E-state index is 12.7. The van der Waals surface area contributed by atoms with Gasteiger partial charge in [-0.05, 0) is 38.0 Å². The number of nitrogens with one attached hydrogen (secondary N) is 1. The largest absolute Gasteiger partial charge is 0.496 e. The van der Waals surface area contributed by atoms with Gasteiger partial charge in [0.15, 0.2) is 0 Å². The van der Waals surface area contributed by atoms with Crippen LogP contribution < -0.4 is 10.1 Å². The lowest BCUT2D eigenvalue weighted by Gasteiger charge is -2.23. The Morgan fingerprint density at radius 3 is 2.48 bits per heavy atom. The summed E-state index contributed by atoms with van der Waals surface area (Å²) in [6.45, 7) is 9.07. The summed E-state index contributed by atoms with van der Waals surface area (Å²) < 4.78 is 11.1. The van der Waals surface area contributed by atoms with Crippen LogP contribution in [0.1, 0.15) is 45.7 Å². The Hall–Kier alpha value is -2.01. The van der Waals surface area contributed by atoms with Crippen LogP contribution in [0.15, 0.2) is 17.9 Å². The molecule has 136 valence electrons. The Morgan fingerprint density at radius 2 is 1.96 bits per heavy atom. The van der Waals surface area contributed by atoms with E-state index in [0.717, 1.165) is 5.56 Å². The molecule has 1 aromatic rings. The number of aryl methyl sites for hydroxylation is 1. The van der Waals surface area contributed by atoms with Crippen LogP contribution in [-0.4, -0.2) is 24.5 Å². The molecule has 1 aromatic carbocycles. The van der Waals surface area contributed by atoms with E-state index in [4.69, 9.17) is 21.1 Å². The molecule has 25 heavy (non-hydrogen) atoms. The van der Waals surface area contributed by atoms with Crippen LogP contribution >= 0.6 is 11.6 Å². The molecule has 1 heterocycles. The van der Waals surface area contributed by atoms with Gasteiger partial charge in [0.2, 0.25) is 0 Å². The molecule has 1 amide bonds. The minimum absolute atomic E-state index is 0.299. The Labute approximate surface area is 153 Å². The van der Waals surface area contributed by atoms with Crippen molar-refractivity contribution in [1.29, 1.82) is 0 Å². The highest BCUT2D eigenvalue weighted by Crippen LogP contribution is 2.41. The molecule has 0 spiro atoms. The first kappa shape index (κ1) is 19.3. The summed E-state index contributed by atoms with van der Waals surface area (Å²) in [6, 6.07) is 3.45. The number of esters is 1. The Bertz CT molecular complexity index is 725. The molecule has 0 fully saturated rings. The molecule has 5 nitrogen and oxygen atoms in total. The Kier molecular flexibility index (Phi) is 5.47. The zero-order chi connectivity index (χ0) is 18.9. The molecule has 0 atom stereocenters. The number of carbonyl (C=O) groups is 2. The molecule has 0 unspecified atom stereocenters. The molecule has 0 saturated carbocycles. The minimum atomic E-state index is -0.799. The van der Waals surface area contributed by atoms with E-state index in [-0.39, 0.29) is 17.8 Å². The number of hydrogen-bond donors (Lipinski definition) is 1. The second-order valence-electron chi connectivity index (χ2n) is 6.85. The van der Waals surface area contributed by atoms with E-state index in [9.17, 15) is 9.59 Å². The van der Waals surface area contributed by atoms with Gasteiger partial charge in [-0.25, -0.2) is 0 Å². The van der Waals surface area contributed by atoms with Gasteiger partial charge in [0.25, 0.3) is 5.91 Å². The molecule has 6 heteroatoms. The van der Waals surface area contributed by atoms with Gasteiger partial charge in [-0.1, -0.05) is 32.4 Å². The van der Waals surface area contributed by atoms with Crippen molar-refractivity contribution < 1.29 is 19.1 Å². The molecule has 0 aromatic heterocycles. The first-order valence-electron chi connectivity index (χ1n) is 8.28. The zero-order valence-electron chi connectivity index (χ0n) is 15.5. The lowest BCUT2D eigenvalue weighted by molar-refractivity contribution is -0.144. The third kappa shape index (κ3) is 3.66. The average molecular weight is 366 g/mol. The Morgan fingerprint density at radius 1 is 1.32 bits per heavy atom. The van der Waals surface area contributed by atoms with Crippen molar-refractivity contribution in [3.05, 3.63) is 34.0 Å². The minimum Gasteiger partial charge on any atom is -0.496 e. The van der Waals surface area contributed by atoms with Crippen molar-refractivity contribution in [1.82, 2.24) is 5.32 Å². The van der Waals surface area contributed by atoms with E-state index in [1.165, 1.54) is 7.11 Å². The number of ether oxygens (including phenoxy) is 2. The molecular formula is C19H24ClNO4. The topological polar surface area (TPSA) is 64.6 Å². The number of rotatable bonds is 5. The maximum Gasteiger partial charge on any atom is 0.313 e. The van der Waals surface area contributed by atoms with Crippen molar-refractivity contribution in [3.8, 4) is 5.75 Å². The van der Waals surface area contributed by atoms with Crippen LogP contribution in [0.25, 0.3) is 5.57 Å². The SMILES string of the molecule is CCc1cc(Cl)cc(OC)c1C1=C(OC(=O)C(C)C)C(C)(C)NC1=O. The molecule has 1 aliphatic heterocycles. The van der Waals surface area contributed by atoms with Crippen molar-refractivity contribution in [3.63, 3.8) is 0 Å². The number of benzene rings is 1.